The number of hydrogen-bond acceptors (Lipinski definition) is 4. The van der Waals surface area contributed by atoms with E-state index >= 15 is 0 Å². The molecule has 1 aliphatic rings. The molecule has 7 heteroatoms. The number of halogens is 2. The van der Waals surface area contributed by atoms with Crippen LogP contribution in [0.3, 0.4) is 0 Å². The summed E-state index contributed by atoms with van der Waals surface area (Å²) in [6.45, 7) is 1.90. The van der Waals surface area contributed by atoms with Crippen LogP contribution in [0.4, 0.5) is 5.69 Å². The van der Waals surface area contributed by atoms with Gasteiger partial charge in [0.2, 0.25) is 5.76 Å². The normalized spacial score (nSPS) is 15.3. The van der Waals surface area contributed by atoms with Crippen LogP contribution in [-0.2, 0) is 0 Å². The Labute approximate surface area is 193 Å². The Balaban J connectivity index is 1.81. The average Bonchev–Trinajstić information content (AvgIpc) is 3.07. The van der Waals surface area contributed by atoms with Gasteiger partial charge in [-0.1, -0.05) is 47.0 Å². The number of methoxy groups -OCH3 is 1. The molecule has 4 aromatic rings. The highest BCUT2D eigenvalue weighted by molar-refractivity contribution is 6.32. The molecule has 0 N–H and O–H groups in total. The van der Waals surface area contributed by atoms with Crippen molar-refractivity contribution < 1.29 is 13.9 Å². The van der Waals surface area contributed by atoms with Crippen molar-refractivity contribution in [1.82, 2.24) is 0 Å². The zero-order valence-corrected chi connectivity index (χ0v) is 18.7. The number of hydrogen-bond donors (Lipinski definition) is 0. The van der Waals surface area contributed by atoms with Crippen molar-refractivity contribution in [2.45, 2.75) is 13.0 Å². The number of ether oxygens (including phenoxy) is 1. The fourth-order valence-electron chi connectivity index (χ4n) is 4.15. The van der Waals surface area contributed by atoms with Crippen LogP contribution in [0.2, 0.25) is 10.0 Å². The van der Waals surface area contributed by atoms with E-state index in [-0.39, 0.29) is 16.8 Å². The summed E-state index contributed by atoms with van der Waals surface area (Å²) in [5.41, 5.74) is 2.53. The van der Waals surface area contributed by atoms with Crippen molar-refractivity contribution >= 4 is 45.8 Å². The average molecular weight is 466 g/mol. The van der Waals surface area contributed by atoms with E-state index in [2.05, 4.69) is 0 Å². The fourth-order valence-corrected chi connectivity index (χ4v) is 4.60. The molecule has 0 spiro atoms. The van der Waals surface area contributed by atoms with Crippen LogP contribution >= 0.6 is 23.2 Å². The summed E-state index contributed by atoms with van der Waals surface area (Å²) >= 11 is 12.6. The highest BCUT2D eigenvalue weighted by Gasteiger charge is 2.43. The van der Waals surface area contributed by atoms with Crippen molar-refractivity contribution in [3.8, 4) is 5.75 Å². The first kappa shape index (κ1) is 20.6. The first-order chi connectivity index (χ1) is 15.4. The van der Waals surface area contributed by atoms with Crippen LogP contribution in [0.5, 0.6) is 5.75 Å². The number of amides is 1. The molecule has 0 saturated carbocycles. The molecule has 1 aromatic heterocycles. The van der Waals surface area contributed by atoms with Crippen molar-refractivity contribution in [3.63, 3.8) is 0 Å². The molecule has 2 heterocycles. The maximum absolute atomic E-state index is 13.6. The molecular weight excluding hydrogens is 449 g/mol. The molecule has 0 fully saturated rings. The Hall–Kier alpha value is -3.28. The molecule has 0 radical (unpaired) electrons. The smallest absolute Gasteiger partial charge is 0.295 e. The molecule has 1 amide bonds. The van der Waals surface area contributed by atoms with Crippen molar-refractivity contribution in [3.05, 3.63) is 103 Å². The van der Waals surface area contributed by atoms with E-state index in [1.165, 1.54) is 12.0 Å². The van der Waals surface area contributed by atoms with Crippen LogP contribution in [-0.4, -0.2) is 13.0 Å². The molecule has 5 nitrogen and oxygen atoms in total. The van der Waals surface area contributed by atoms with Gasteiger partial charge in [-0.3, -0.25) is 14.5 Å². The number of carbonyl (C=O) groups is 1. The maximum atomic E-state index is 13.6. The lowest BCUT2D eigenvalue weighted by Crippen LogP contribution is -2.29. The van der Waals surface area contributed by atoms with E-state index in [0.29, 0.717) is 38.0 Å². The summed E-state index contributed by atoms with van der Waals surface area (Å²) in [7, 11) is 1.52. The summed E-state index contributed by atoms with van der Waals surface area (Å²) in [6, 6.07) is 16.7. The lowest BCUT2D eigenvalue weighted by atomic mass is 9.98. The van der Waals surface area contributed by atoms with Crippen molar-refractivity contribution in [2.75, 3.05) is 12.0 Å². The molecule has 0 bridgehead atoms. The molecule has 1 unspecified atom stereocenters. The second-order valence-corrected chi connectivity index (χ2v) is 8.47. The highest BCUT2D eigenvalue weighted by Crippen LogP contribution is 2.43. The Morgan fingerprint density at radius 3 is 2.53 bits per heavy atom. The summed E-state index contributed by atoms with van der Waals surface area (Å²) in [5.74, 6) is 0.0725. The summed E-state index contributed by atoms with van der Waals surface area (Å²) in [6.07, 6.45) is 0. The van der Waals surface area contributed by atoms with E-state index in [9.17, 15) is 9.59 Å². The molecule has 1 atom stereocenters. The lowest BCUT2D eigenvalue weighted by molar-refractivity contribution is 0.0971. The Bertz CT molecular complexity index is 1460. The van der Waals surface area contributed by atoms with E-state index in [1.807, 2.05) is 19.1 Å². The maximum Gasteiger partial charge on any atom is 0.295 e. The predicted octanol–water partition coefficient (Wildman–Crippen LogP) is 6.17. The number of anilines is 1. The largest absolute Gasteiger partial charge is 0.495 e. The quantitative estimate of drug-likeness (QED) is 0.363. The van der Waals surface area contributed by atoms with Gasteiger partial charge < -0.3 is 9.15 Å². The van der Waals surface area contributed by atoms with E-state index in [0.717, 1.165) is 5.56 Å². The zero-order valence-electron chi connectivity index (χ0n) is 17.2. The predicted molar refractivity (Wildman–Crippen MR) is 125 cm³/mol. The molecule has 5 rings (SSSR count). The molecule has 0 saturated heterocycles. The third-order valence-electron chi connectivity index (χ3n) is 5.60. The van der Waals surface area contributed by atoms with Gasteiger partial charge in [-0.2, -0.15) is 0 Å². The minimum absolute atomic E-state index is 0.0169. The summed E-state index contributed by atoms with van der Waals surface area (Å²) in [4.78, 5) is 28.7. The fraction of sp³-hybridized carbons (Fsp3) is 0.120. The Morgan fingerprint density at radius 2 is 1.81 bits per heavy atom. The minimum atomic E-state index is -0.721. The van der Waals surface area contributed by atoms with Crippen molar-refractivity contribution in [2.24, 2.45) is 0 Å². The van der Waals surface area contributed by atoms with E-state index in [4.69, 9.17) is 32.4 Å². The number of fused-ring (bicyclic) bond motifs is 2. The summed E-state index contributed by atoms with van der Waals surface area (Å²) in [5, 5.41) is 1.27. The SMILES string of the molecule is COc1ccc(N2C(=O)c3oc4ccc(C)cc4c(=O)c3C2c2cccc(Cl)c2)cc1Cl. The van der Waals surface area contributed by atoms with Gasteiger partial charge in [-0.25, -0.2) is 0 Å². The first-order valence-corrected chi connectivity index (χ1v) is 10.6. The van der Waals surface area contributed by atoms with Gasteiger partial charge in [0.1, 0.15) is 11.3 Å². The Morgan fingerprint density at radius 1 is 1.00 bits per heavy atom. The van der Waals surface area contributed by atoms with Gasteiger partial charge in [0.15, 0.2) is 5.43 Å². The third-order valence-corrected chi connectivity index (χ3v) is 6.13. The van der Waals surface area contributed by atoms with Gasteiger partial charge in [-0.15, -0.1) is 0 Å². The molecule has 32 heavy (non-hydrogen) atoms. The molecule has 1 aliphatic heterocycles. The van der Waals surface area contributed by atoms with Crippen LogP contribution in [0.1, 0.15) is 33.3 Å². The zero-order chi connectivity index (χ0) is 22.6. The third kappa shape index (κ3) is 3.17. The number of carbonyl (C=O) groups excluding carboxylic acids is 1. The second-order valence-electron chi connectivity index (χ2n) is 7.63. The van der Waals surface area contributed by atoms with Gasteiger partial charge >= 0.3 is 0 Å². The highest BCUT2D eigenvalue weighted by atomic mass is 35.5. The van der Waals surface area contributed by atoms with Crippen LogP contribution in [0.15, 0.2) is 69.9 Å². The van der Waals surface area contributed by atoms with Gasteiger partial charge in [0.05, 0.1) is 29.1 Å². The van der Waals surface area contributed by atoms with Crippen LogP contribution in [0.25, 0.3) is 11.0 Å². The standard InChI is InChI=1S/C25H17Cl2NO4/c1-13-6-8-19-17(10-13)23(29)21-22(14-4-3-5-15(26)11-14)28(25(30)24(21)32-19)16-7-9-20(31-2)18(27)12-16/h3-12,22H,1-2H3. The number of benzene rings is 3. The molecule has 160 valence electrons. The molecular formula is C25H17Cl2NO4. The van der Waals surface area contributed by atoms with Gasteiger partial charge in [0, 0.05) is 10.7 Å². The minimum Gasteiger partial charge on any atom is -0.495 e. The van der Waals surface area contributed by atoms with E-state index in [1.54, 1.807) is 48.5 Å². The number of nitrogens with zero attached hydrogens (tertiary/aromatic N) is 1. The Kier molecular flexibility index (Phi) is 4.96. The van der Waals surface area contributed by atoms with Crippen molar-refractivity contribution in [1.29, 1.82) is 0 Å². The molecule has 0 aliphatic carbocycles. The monoisotopic (exact) mass is 465 g/mol. The number of aryl methyl sites for hydroxylation is 1. The van der Waals surface area contributed by atoms with Gasteiger partial charge in [0.25, 0.3) is 5.91 Å². The lowest BCUT2D eigenvalue weighted by Gasteiger charge is -2.25. The van der Waals surface area contributed by atoms with Gasteiger partial charge in [-0.05, 0) is 55.0 Å². The van der Waals surface area contributed by atoms with Crippen LogP contribution in [0, 0.1) is 6.92 Å². The topological polar surface area (TPSA) is 59.8 Å². The number of rotatable bonds is 3. The first-order valence-electron chi connectivity index (χ1n) is 9.89. The summed E-state index contributed by atoms with van der Waals surface area (Å²) < 4.78 is 11.2. The second kappa shape index (κ2) is 7.69. The molecule has 3 aromatic carbocycles. The van der Waals surface area contributed by atoms with Crippen LogP contribution < -0.4 is 15.1 Å². The van der Waals surface area contributed by atoms with E-state index < -0.39 is 11.9 Å².